The molecule has 2 aromatic rings. The first-order valence-electron chi connectivity index (χ1n) is 5.44. The molecule has 0 aliphatic rings. The standard InChI is InChI=1S/C11H15N5OS/c1-5-8(7(3)16(4)15-5)14-10(17)9-6(2)13-11(12)18-9/h1-4H3,(H2,12,13)(H,14,17). The van der Waals surface area contributed by atoms with Gasteiger partial charge in [0.15, 0.2) is 5.13 Å². The van der Waals surface area contributed by atoms with E-state index >= 15 is 0 Å². The highest BCUT2D eigenvalue weighted by atomic mass is 32.1. The Labute approximate surface area is 109 Å². The number of aryl methyl sites for hydroxylation is 3. The minimum Gasteiger partial charge on any atom is -0.375 e. The van der Waals surface area contributed by atoms with Crippen molar-refractivity contribution in [2.45, 2.75) is 20.8 Å². The average molecular weight is 265 g/mol. The fraction of sp³-hybridized carbons (Fsp3) is 0.364. The minimum atomic E-state index is -0.194. The van der Waals surface area contributed by atoms with Crippen LogP contribution in [0.4, 0.5) is 10.8 Å². The number of carbonyl (C=O) groups is 1. The van der Waals surface area contributed by atoms with Gasteiger partial charge in [0.2, 0.25) is 0 Å². The first-order valence-corrected chi connectivity index (χ1v) is 6.26. The van der Waals surface area contributed by atoms with Crippen molar-refractivity contribution in [2.24, 2.45) is 7.05 Å². The quantitative estimate of drug-likeness (QED) is 0.864. The van der Waals surface area contributed by atoms with Crippen LogP contribution in [0.3, 0.4) is 0 Å². The van der Waals surface area contributed by atoms with Gasteiger partial charge in [0.25, 0.3) is 5.91 Å². The fourth-order valence-corrected chi connectivity index (χ4v) is 2.48. The summed E-state index contributed by atoms with van der Waals surface area (Å²) in [6.45, 7) is 5.53. The summed E-state index contributed by atoms with van der Waals surface area (Å²) in [7, 11) is 1.84. The molecule has 0 spiro atoms. The van der Waals surface area contributed by atoms with E-state index in [9.17, 15) is 4.79 Å². The van der Waals surface area contributed by atoms with Crippen molar-refractivity contribution in [3.8, 4) is 0 Å². The maximum atomic E-state index is 12.1. The zero-order valence-corrected chi connectivity index (χ0v) is 11.6. The predicted molar refractivity (Wildman–Crippen MR) is 71.9 cm³/mol. The first kappa shape index (κ1) is 12.6. The van der Waals surface area contributed by atoms with Gasteiger partial charge in [-0.1, -0.05) is 11.3 Å². The Balaban J connectivity index is 2.29. The van der Waals surface area contributed by atoms with Crippen molar-refractivity contribution in [1.82, 2.24) is 14.8 Å². The Morgan fingerprint density at radius 3 is 2.44 bits per heavy atom. The number of hydrogen-bond acceptors (Lipinski definition) is 5. The van der Waals surface area contributed by atoms with E-state index in [-0.39, 0.29) is 5.91 Å². The molecule has 0 aromatic carbocycles. The van der Waals surface area contributed by atoms with E-state index in [1.54, 1.807) is 11.6 Å². The van der Waals surface area contributed by atoms with Gasteiger partial charge in [-0.25, -0.2) is 4.98 Å². The molecule has 0 bridgehead atoms. The number of rotatable bonds is 2. The zero-order valence-electron chi connectivity index (χ0n) is 10.7. The molecule has 0 unspecified atom stereocenters. The van der Waals surface area contributed by atoms with Gasteiger partial charge in [-0.15, -0.1) is 0 Å². The lowest BCUT2D eigenvalue weighted by molar-refractivity contribution is 0.102. The van der Waals surface area contributed by atoms with E-state index in [0.29, 0.717) is 15.7 Å². The van der Waals surface area contributed by atoms with Crippen LogP contribution < -0.4 is 11.1 Å². The largest absolute Gasteiger partial charge is 0.375 e. The van der Waals surface area contributed by atoms with Crippen LogP contribution in [0.2, 0.25) is 0 Å². The van der Waals surface area contributed by atoms with Gasteiger partial charge >= 0.3 is 0 Å². The summed E-state index contributed by atoms with van der Waals surface area (Å²) < 4.78 is 1.73. The topological polar surface area (TPSA) is 85.8 Å². The van der Waals surface area contributed by atoms with Gasteiger partial charge in [-0.3, -0.25) is 9.48 Å². The van der Waals surface area contributed by atoms with E-state index in [4.69, 9.17) is 5.73 Å². The Kier molecular flexibility index (Phi) is 3.08. The lowest BCUT2D eigenvalue weighted by Crippen LogP contribution is -2.12. The van der Waals surface area contributed by atoms with Gasteiger partial charge in [0.1, 0.15) is 4.88 Å². The highest BCUT2D eigenvalue weighted by Gasteiger charge is 2.18. The minimum absolute atomic E-state index is 0.194. The van der Waals surface area contributed by atoms with Gasteiger partial charge in [-0.05, 0) is 20.8 Å². The second kappa shape index (κ2) is 4.41. The number of aromatic nitrogens is 3. The average Bonchev–Trinajstić information content (AvgIpc) is 2.73. The molecule has 2 aromatic heterocycles. The summed E-state index contributed by atoms with van der Waals surface area (Å²) in [5.74, 6) is -0.194. The lowest BCUT2D eigenvalue weighted by Gasteiger charge is -2.04. The molecule has 0 atom stereocenters. The Morgan fingerprint density at radius 1 is 1.33 bits per heavy atom. The second-order valence-electron chi connectivity index (χ2n) is 4.09. The molecule has 0 radical (unpaired) electrons. The monoisotopic (exact) mass is 265 g/mol. The molecule has 2 heterocycles. The Morgan fingerprint density at radius 2 is 2.00 bits per heavy atom. The van der Waals surface area contributed by atoms with Crippen LogP contribution in [0.15, 0.2) is 0 Å². The van der Waals surface area contributed by atoms with Crippen LogP contribution in [0.1, 0.15) is 26.8 Å². The van der Waals surface area contributed by atoms with Crippen LogP contribution in [-0.2, 0) is 7.05 Å². The van der Waals surface area contributed by atoms with Crippen LogP contribution in [0.25, 0.3) is 0 Å². The maximum Gasteiger partial charge on any atom is 0.267 e. The van der Waals surface area contributed by atoms with E-state index in [1.807, 2.05) is 20.9 Å². The molecular formula is C11H15N5OS. The lowest BCUT2D eigenvalue weighted by atomic mass is 10.3. The fourth-order valence-electron chi connectivity index (χ4n) is 1.75. The number of nitrogens with one attached hydrogen (secondary N) is 1. The van der Waals surface area contributed by atoms with Crippen molar-refractivity contribution in [3.63, 3.8) is 0 Å². The van der Waals surface area contributed by atoms with Gasteiger partial charge in [0.05, 0.1) is 22.8 Å². The molecule has 0 aliphatic carbocycles. The van der Waals surface area contributed by atoms with E-state index in [1.165, 1.54) is 11.3 Å². The molecular weight excluding hydrogens is 250 g/mol. The summed E-state index contributed by atoms with van der Waals surface area (Å²) >= 11 is 1.19. The van der Waals surface area contributed by atoms with E-state index in [0.717, 1.165) is 17.1 Å². The first-order chi connectivity index (χ1) is 8.40. The number of nitrogens with zero attached hydrogens (tertiary/aromatic N) is 3. The zero-order chi connectivity index (χ0) is 13.4. The summed E-state index contributed by atoms with van der Waals surface area (Å²) in [4.78, 5) is 16.7. The maximum absolute atomic E-state index is 12.1. The van der Waals surface area contributed by atoms with Gasteiger partial charge < -0.3 is 11.1 Å². The molecule has 7 heteroatoms. The number of nitrogen functional groups attached to an aromatic ring is 1. The van der Waals surface area contributed by atoms with Crippen LogP contribution in [0.5, 0.6) is 0 Å². The number of hydrogen-bond donors (Lipinski definition) is 2. The van der Waals surface area contributed by atoms with Crippen LogP contribution in [0, 0.1) is 20.8 Å². The molecule has 18 heavy (non-hydrogen) atoms. The summed E-state index contributed by atoms with van der Waals surface area (Å²) in [5, 5.41) is 7.51. The number of carbonyl (C=O) groups excluding carboxylic acids is 1. The normalized spacial score (nSPS) is 10.7. The third-order valence-electron chi connectivity index (χ3n) is 2.77. The number of anilines is 2. The highest BCUT2D eigenvalue weighted by Crippen LogP contribution is 2.23. The number of thiazole rings is 1. The third-order valence-corrected chi connectivity index (χ3v) is 3.75. The summed E-state index contributed by atoms with van der Waals surface area (Å²) in [6, 6.07) is 0. The molecule has 96 valence electrons. The van der Waals surface area contributed by atoms with Crippen LogP contribution in [-0.4, -0.2) is 20.7 Å². The van der Waals surface area contributed by atoms with Crippen molar-refractivity contribution in [3.05, 3.63) is 22.0 Å². The predicted octanol–water partition coefficient (Wildman–Crippen LogP) is 1.64. The number of amides is 1. The SMILES string of the molecule is Cc1nc(N)sc1C(=O)Nc1c(C)nn(C)c1C. The summed E-state index contributed by atoms with van der Waals surface area (Å²) in [5.41, 5.74) is 8.68. The smallest absolute Gasteiger partial charge is 0.267 e. The molecule has 6 nitrogen and oxygen atoms in total. The highest BCUT2D eigenvalue weighted by molar-refractivity contribution is 7.17. The molecule has 2 rings (SSSR count). The van der Waals surface area contributed by atoms with Crippen molar-refractivity contribution >= 4 is 28.1 Å². The summed E-state index contributed by atoms with van der Waals surface area (Å²) in [6.07, 6.45) is 0. The number of nitrogens with two attached hydrogens (primary N) is 1. The Hall–Kier alpha value is -1.89. The van der Waals surface area contributed by atoms with E-state index in [2.05, 4.69) is 15.4 Å². The Bertz CT molecular complexity index is 613. The van der Waals surface area contributed by atoms with Gasteiger partial charge in [0, 0.05) is 7.05 Å². The van der Waals surface area contributed by atoms with Crippen molar-refractivity contribution in [1.29, 1.82) is 0 Å². The van der Waals surface area contributed by atoms with Crippen LogP contribution >= 0.6 is 11.3 Å². The molecule has 0 saturated carbocycles. The molecule has 3 N–H and O–H groups in total. The third kappa shape index (κ3) is 2.08. The molecule has 0 saturated heterocycles. The molecule has 1 amide bonds. The van der Waals surface area contributed by atoms with E-state index < -0.39 is 0 Å². The van der Waals surface area contributed by atoms with Crippen molar-refractivity contribution < 1.29 is 4.79 Å². The molecule has 0 fully saturated rings. The van der Waals surface area contributed by atoms with Crippen molar-refractivity contribution in [2.75, 3.05) is 11.1 Å². The molecule has 0 aliphatic heterocycles. The van der Waals surface area contributed by atoms with Gasteiger partial charge in [-0.2, -0.15) is 5.10 Å². The second-order valence-corrected chi connectivity index (χ2v) is 5.12.